The van der Waals surface area contributed by atoms with Gasteiger partial charge in [0, 0.05) is 52.4 Å². The Morgan fingerprint density at radius 3 is 2.62 bits per heavy atom. The largest absolute Gasteiger partial charge is 0.466 e. The number of piperidine rings is 1. The number of hydrogen-bond acceptors (Lipinski definition) is 10. The molecule has 4 heterocycles. The van der Waals surface area contributed by atoms with Gasteiger partial charge in [-0.2, -0.15) is 0 Å². The van der Waals surface area contributed by atoms with E-state index in [0.29, 0.717) is 81.3 Å². The molecule has 224 valence electrons. The third-order valence-electron chi connectivity index (χ3n) is 7.38. The fourth-order valence-electron chi connectivity index (χ4n) is 5.27. The van der Waals surface area contributed by atoms with Crippen LogP contribution in [-0.4, -0.2) is 79.7 Å². The van der Waals surface area contributed by atoms with E-state index in [1.54, 1.807) is 37.1 Å². The van der Waals surface area contributed by atoms with Crippen molar-refractivity contribution in [1.82, 2.24) is 14.9 Å². The number of esters is 1. The smallest absolute Gasteiger partial charge is 0.310 e. The van der Waals surface area contributed by atoms with Gasteiger partial charge in [0.2, 0.25) is 0 Å². The monoisotopic (exact) mass is 597 g/mol. The highest BCUT2D eigenvalue weighted by atomic mass is 32.2. The van der Waals surface area contributed by atoms with Crippen molar-refractivity contribution in [3.63, 3.8) is 0 Å². The summed E-state index contributed by atoms with van der Waals surface area (Å²) >= 11 is 1.42. The van der Waals surface area contributed by atoms with Crippen LogP contribution in [0.5, 0.6) is 0 Å². The highest BCUT2D eigenvalue weighted by molar-refractivity contribution is 7.98. The quantitative estimate of drug-likeness (QED) is 0.190. The van der Waals surface area contributed by atoms with E-state index in [1.807, 2.05) is 18.2 Å². The molecule has 42 heavy (non-hydrogen) atoms. The number of furan rings is 1. The van der Waals surface area contributed by atoms with Gasteiger partial charge in [-0.15, -0.1) is 0 Å². The van der Waals surface area contributed by atoms with E-state index in [2.05, 4.69) is 14.8 Å². The zero-order valence-electron chi connectivity index (χ0n) is 24.0. The first-order valence-electron chi connectivity index (χ1n) is 14.2. The lowest BCUT2D eigenvalue weighted by atomic mass is 9.98. The van der Waals surface area contributed by atoms with Gasteiger partial charge in [-0.1, -0.05) is 23.9 Å². The van der Waals surface area contributed by atoms with E-state index < -0.39 is 0 Å². The molecule has 1 amide bonds. The van der Waals surface area contributed by atoms with E-state index in [4.69, 9.17) is 18.9 Å². The molecule has 0 spiro atoms. The number of methoxy groups -OCH3 is 1. The number of halogens is 1. The van der Waals surface area contributed by atoms with Gasteiger partial charge in [0.1, 0.15) is 17.4 Å². The minimum Gasteiger partial charge on any atom is -0.466 e. The lowest BCUT2D eigenvalue weighted by Crippen LogP contribution is -2.47. The number of aromatic nitrogens is 2. The predicted molar refractivity (Wildman–Crippen MR) is 157 cm³/mol. The third kappa shape index (κ3) is 7.22. The van der Waals surface area contributed by atoms with Crippen molar-refractivity contribution in [2.45, 2.75) is 37.3 Å². The molecule has 2 saturated heterocycles. The molecule has 12 heteroatoms. The Bertz CT molecular complexity index is 1380. The van der Waals surface area contributed by atoms with Gasteiger partial charge in [-0.05, 0) is 44.0 Å². The Morgan fingerprint density at radius 2 is 1.86 bits per heavy atom. The Balaban J connectivity index is 1.21. The molecule has 0 saturated carbocycles. The topological polar surface area (TPSA) is 101 Å². The second-order valence-electron chi connectivity index (χ2n) is 10.3. The second-order valence-corrected chi connectivity index (χ2v) is 11.2. The number of ether oxygens (including phenoxy) is 2. The summed E-state index contributed by atoms with van der Waals surface area (Å²) in [5, 5.41) is 0.577. The second kappa shape index (κ2) is 14.0. The van der Waals surface area contributed by atoms with Crippen molar-refractivity contribution in [3.05, 3.63) is 65.5 Å². The first-order valence-corrected chi connectivity index (χ1v) is 15.2. The summed E-state index contributed by atoms with van der Waals surface area (Å²) in [5.41, 5.74) is 1.38. The molecule has 0 bridgehead atoms. The summed E-state index contributed by atoms with van der Waals surface area (Å²) in [5.74, 6) is 1.11. The first-order chi connectivity index (χ1) is 20.4. The van der Waals surface area contributed by atoms with Crippen molar-refractivity contribution in [3.8, 4) is 0 Å². The van der Waals surface area contributed by atoms with Crippen molar-refractivity contribution in [2.75, 3.05) is 62.8 Å². The highest BCUT2D eigenvalue weighted by Crippen LogP contribution is 2.27. The van der Waals surface area contributed by atoms with Crippen molar-refractivity contribution < 1.29 is 27.9 Å². The molecule has 2 aliphatic heterocycles. The van der Waals surface area contributed by atoms with Gasteiger partial charge < -0.3 is 28.6 Å². The van der Waals surface area contributed by atoms with Crippen molar-refractivity contribution >= 4 is 35.1 Å². The first kappa shape index (κ1) is 29.8. The maximum atomic E-state index is 14.3. The summed E-state index contributed by atoms with van der Waals surface area (Å²) in [6.45, 7) is 6.10. The molecule has 5 rings (SSSR count). The molecular weight excluding hydrogens is 561 g/mol. The fraction of sp³-hybridized carbons (Fsp3) is 0.467. The van der Waals surface area contributed by atoms with Crippen LogP contribution in [0.15, 0.2) is 52.0 Å². The molecule has 2 aliphatic rings. The number of carbonyl (C=O) groups excluding carboxylic acids is 2. The van der Waals surface area contributed by atoms with Gasteiger partial charge in [-0.25, -0.2) is 14.4 Å². The van der Waals surface area contributed by atoms with Gasteiger partial charge >= 0.3 is 5.97 Å². The highest BCUT2D eigenvalue weighted by Gasteiger charge is 2.31. The minimum atomic E-state index is -0.305. The lowest BCUT2D eigenvalue weighted by Gasteiger charge is -2.37. The number of anilines is 2. The molecule has 1 unspecified atom stereocenters. The Morgan fingerprint density at radius 1 is 1.07 bits per heavy atom. The molecule has 2 fully saturated rings. The Hall–Kier alpha value is -3.64. The van der Waals surface area contributed by atoms with Crippen LogP contribution in [0.4, 0.5) is 15.9 Å². The number of thioether (sulfide) groups is 1. The van der Waals surface area contributed by atoms with E-state index in [9.17, 15) is 14.0 Å². The van der Waals surface area contributed by atoms with Crippen LogP contribution in [0.2, 0.25) is 0 Å². The van der Waals surface area contributed by atoms with Gasteiger partial charge in [0.15, 0.2) is 10.9 Å². The summed E-state index contributed by atoms with van der Waals surface area (Å²) in [6, 6.07) is 12.2. The molecule has 0 N–H and O–H groups in total. The predicted octanol–water partition coefficient (Wildman–Crippen LogP) is 4.39. The average molecular weight is 598 g/mol. The minimum absolute atomic E-state index is 0.214. The fourth-order valence-corrected chi connectivity index (χ4v) is 6.03. The maximum absolute atomic E-state index is 14.3. The third-order valence-corrected chi connectivity index (χ3v) is 8.25. The summed E-state index contributed by atoms with van der Waals surface area (Å²) in [4.78, 5) is 40.6. The van der Waals surface area contributed by atoms with Crippen LogP contribution in [0.25, 0.3) is 0 Å². The molecule has 2 aromatic heterocycles. The number of rotatable bonds is 10. The van der Waals surface area contributed by atoms with Crippen LogP contribution < -0.4 is 9.80 Å². The average Bonchev–Trinajstić information content (AvgIpc) is 3.49. The molecule has 3 aromatic rings. The van der Waals surface area contributed by atoms with Crippen LogP contribution in [-0.2, 0) is 26.6 Å². The van der Waals surface area contributed by atoms with E-state index in [1.165, 1.54) is 17.8 Å². The number of nitrogens with zero attached hydrogens (tertiary/aromatic N) is 5. The van der Waals surface area contributed by atoms with Crippen LogP contribution in [0.3, 0.4) is 0 Å². The number of para-hydroxylation sites is 1. The van der Waals surface area contributed by atoms with Gasteiger partial charge in [0.05, 0.1) is 36.3 Å². The van der Waals surface area contributed by atoms with Gasteiger partial charge in [-0.3, -0.25) is 9.59 Å². The van der Waals surface area contributed by atoms with Crippen LogP contribution in [0, 0.1) is 11.7 Å². The molecule has 0 aliphatic carbocycles. The molecular formula is C30H36FN5O5S. The van der Waals surface area contributed by atoms with E-state index >= 15 is 0 Å². The molecule has 1 atom stereocenters. The number of piperazine rings is 1. The van der Waals surface area contributed by atoms with Gasteiger partial charge in [0.25, 0.3) is 5.91 Å². The van der Waals surface area contributed by atoms with Crippen LogP contribution in [0.1, 0.15) is 41.8 Å². The number of amides is 1. The number of carbonyl (C=O) groups is 2. The van der Waals surface area contributed by atoms with E-state index in [0.717, 1.165) is 17.9 Å². The Labute approximate surface area is 249 Å². The zero-order valence-corrected chi connectivity index (χ0v) is 24.8. The lowest BCUT2D eigenvalue weighted by molar-refractivity contribution is -0.149. The molecule has 10 nitrogen and oxygen atoms in total. The number of likely N-dealkylation sites (tertiary alicyclic amines) is 1. The van der Waals surface area contributed by atoms with Crippen LogP contribution >= 0.6 is 11.8 Å². The number of benzene rings is 1. The SMILES string of the molecule is CCOC(=O)C1CCCN(C(=O)c2ccc(CSc3nc(COC)cc(N4CCN(c5ccccc5F)CC4)n3)o2)C1. The van der Waals surface area contributed by atoms with E-state index in [-0.39, 0.29) is 29.4 Å². The van der Waals surface area contributed by atoms with Crippen molar-refractivity contribution in [1.29, 1.82) is 0 Å². The maximum Gasteiger partial charge on any atom is 0.310 e. The van der Waals surface area contributed by atoms with Crippen molar-refractivity contribution in [2.24, 2.45) is 5.92 Å². The number of hydrogen-bond donors (Lipinski definition) is 0. The molecule has 1 aromatic carbocycles. The normalized spacial score (nSPS) is 17.4. The summed E-state index contributed by atoms with van der Waals surface area (Å²) in [6.07, 6.45) is 1.46. The molecule has 0 radical (unpaired) electrons. The summed E-state index contributed by atoms with van der Waals surface area (Å²) < 4.78 is 30.7. The Kier molecular flexibility index (Phi) is 9.96. The summed E-state index contributed by atoms with van der Waals surface area (Å²) in [7, 11) is 1.63. The zero-order chi connectivity index (χ0) is 29.5. The standard InChI is InChI=1S/C30H36FN5O5S/c1-3-40-29(38)21-7-6-12-36(18-21)28(37)26-11-10-23(41-26)20-42-30-32-22(19-39-2)17-27(33-30)35-15-13-34(14-16-35)25-9-5-4-8-24(25)31/h4-5,8-11,17,21H,3,6-7,12-16,18-20H2,1-2H3.